The molecule has 0 spiro atoms. The third kappa shape index (κ3) is 12.1. The molecule has 0 amide bonds. The summed E-state index contributed by atoms with van der Waals surface area (Å²) in [4.78, 5) is 7.27. The lowest BCUT2D eigenvalue weighted by molar-refractivity contribution is 0.660. The molecule has 1 aromatic heterocycles. The standard InChI is InChI=1S/C51H38N2.C49H50N2Si2.H2/c1-51(2)47-19-11-9-17-43(47)44-31-30-42(34-48(44)51)52(40-26-21-36(22-27-40)35-13-5-3-6-14-35)41-28-23-37(24-29-41)38-25-32-50-46(33-38)45-18-10-12-20-49(45)53(50)39-15-7-4-8-16-39;1-49(2)45-33-39(50(35-17-11-9-12-18-35)37-23-28-40(29-24-37)52(3,4)5)27-32-44(45)48-43-22-16-15-21-42(43)47(34-46(48)49)51(36-19-13-10-14-20-36)38-25-30-41(31-26-38)53(6,7)8;/h3-34H,1-2H3;9-34H,1-8H3;1H. The molecule has 0 saturated heterocycles. The molecule has 0 fully saturated rings. The van der Waals surface area contributed by atoms with Crippen molar-refractivity contribution in [3.8, 4) is 50.2 Å². The number of benzene rings is 15. The van der Waals surface area contributed by atoms with E-state index >= 15 is 0 Å². The van der Waals surface area contributed by atoms with Crippen molar-refractivity contribution in [1.29, 1.82) is 0 Å². The fourth-order valence-corrected chi connectivity index (χ4v) is 19.0. The molecule has 1 heterocycles. The molecule has 0 atom stereocenters. The lowest BCUT2D eigenvalue weighted by Gasteiger charge is -2.30. The Labute approximate surface area is 628 Å². The van der Waals surface area contributed by atoms with E-state index in [1.165, 1.54) is 138 Å². The molecule has 106 heavy (non-hydrogen) atoms. The Hall–Kier alpha value is -11.8. The number of rotatable bonds is 14. The zero-order valence-corrected chi connectivity index (χ0v) is 64.3. The van der Waals surface area contributed by atoms with Crippen LogP contribution < -0.4 is 25.1 Å². The molecule has 6 heteroatoms. The molecule has 0 N–H and O–H groups in total. The number of anilines is 9. The van der Waals surface area contributed by atoms with Crippen LogP contribution in [0.1, 0.15) is 51.4 Å². The van der Waals surface area contributed by atoms with Crippen LogP contribution in [0, 0.1) is 0 Å². The van der Waals surface area contributed by atoms with Crippen LogP contribution in [0.4, 0.5) is 51.2 Å². The van der Waals surface area contributed by atoms with E-state index in [0.717, 1.165) is 28.4 Å². The highest BCUT2D eigenvalue weighted by Gasteiger charge is 2.40. The van der Waals surface area contributed by atoms with Crippen LogP contribution in [0.25, 0.3) is 82.8 Å². The van der Waals surface area contributed by atoms with Crippen LogP contribution >= 0.6 is 0 Å². The van der Waals surface area contributed by atoms with E-state index in [9.17, 15) is 0 Å². The topological polar surface area (TPSA) is 14.7 Å². The van der Waals surface area contributed by atoms with Gasteiger partial charge in [0.15, 0.2) is 0 Å². The van der Waals surface area contributed by atoms with E-state index in [2.05, 4.69) is 438 Å². The highest BCUT2D eigenvalue weighted by Crippen LogP contribution is 2.57. The number of aromatic nitrogens is 1. The SMILES string of the molecule is CC1(C)c2cc(N(c3ccccc3)c3ccc([Si](C)(C)C)cc3)ccc2-c2c1cc(N(c1ccccc1)c1ccc([Si](C)(C)C)cc1)c1ccccc21.CC1(C)c2ccccc2-c2ccc(N(c3ccc(-c4ccccc4)cc3)c3ccc(-c4ccc5c(c4)c4ccccc4n5-c4ccccc4)cc3)cc21.[HH]. The first-order valence-electron chi connectivity index (χ1n) is 37.4. The van der Waals surface area contributed by atoms with Crippen molar-refractivity contribution >= 4 is 110 Å². The maximum absolute atomic E-state index is 2.49. The smallest absolute Gasteiger partial charge is 0.0775 e. The highest BCUT2D eigenvalue weighted by atomic mass is 28.3. The third-order valence-electron chi connectivity index (χ3n) is 22.4. The maximum Gasteiger partial charge on any atom is 0.0775 e. The van der Waals surface area contributed by atoms with Crippen LogP contribution in [0.5, 0.6) is 0 Å². The second-order valence-electron chi connectivity index (χ2n) is 31.8. The Balaban J connectivity index is 0.000000162. The summed E-state index contributed by atoms with van der Waals surface area (Å²) in [5, 5.41) is 8.01. The average Bonchev–Trinajstić information content (AvgIpc) is 1.53. The summed E-state index contributed by atoms with van der Waals surface area (Å²) in [6.07, 6.45) is 0. The zero-order chi connectivity index (χ0) is 72.6. The second kappa shape index (κ2) is 26.7. The van der Waals surface area contributed by atoms with Gasteiger partial charge in [0.2, 0.25) is 0 Å². The van der Waals surface area contributed by atoms with Gasteiger partial charge in [-0.1, -0.05) is 296 Å². The molecule has 18 rings (SSSR count). The van der Waals surface area contributed by atoms with Crippen LogP contribution in [0.15, 0.2) is 352 Å². The molecule has 0 bridgehead atoms. The van der Waals surface area contributed by atoms with Gasteiger partial charge in [-0.25, -0.2) is 0 Å². The summed E-state index contributed by atoms with van der Waals surface area (Å²) in [6, 6.07) is 130. The number of para-hydroxylation sites is 4. The summed E-state index contributed by atoms with van der Waals surface area (Å²) in [5.41, 5.74) is 29.4. The number of fused-ring (bicyclic) bond motifs is 11. The Morgan fingerprint density at radius 3 is 1.20 bits per heavy atom. The van der Waals surface area contributed by atoms with Gasteiger partial charge in [0.25, 0.3) is 0 Å². The van der Waals surface area contributed by atoms with Gasteiger partial charge in [0, 0.05) is 79.6 Å². The van der Waals surface area contributed by atoms with Crippen molar-refractivity contribution in [2.45, 2.75) is 77.8 Å². The first kappa shape index (κ1) is 67.4. The van der Waals surface area contributed by atoms with Crippen LogP contribution in [-0.4, -0.2) is 20.7 Å². The second-order valence-corrected chi connectivity index (χ2v) is 41.9. The molecule has 0 radical (unpaired) electrons. The van der Waals surface area contributed by atoms with Crippen molar-refractivity contribution in [3.05, 3.63) is 374 Å². The van der Waals surface area contributed by atoms with Gasteiger partial charge in [-0.2, -0.15) is 0 Å². The third-order valence-corrected chi connectivity index (χ3v) is 26.5. The summed E-state index contributed by atoms with van der Waals surface area (Å²) in [7, 11) is -2.88. The molecule has 2 aliphatic rings. The Morgan fingerprint density at radius 1 is 0.255 bits per heavy atom. The lowest BCUT2D eigenvalue weighted by atomic mass is 9.81. The van der Waals surface area contributed by atoms with Crippen molar-refractivity contribution < 1.29 is 1.43 Å². The van der Waals surface area contributed by atoms with Gasteiger partial charge in [-0.05, 0) is 206 Å². The summed E-state index contributed by atoms with van der Waals surface area (Å²) < 4.78 is 2.37. The molecule has 0 saturated carbocycles. The predicted molar refractivity (Wildman–Crippen MR) is 463 cm³/mol. The van der Waals surface area contributed by atoms with Crippen molar-refractivity contribution in [1.82, 2.24) is 4.57 Å². The van der Waals surface area contributed by atoms with Crippen molar-refractivity contribution in [3.63, 3.8) is 0 Å². The van der Waals surface area contributed by atoms with Crippen LogP contribution in [0.2, 0.25) is 39.3 Å². The predicted octanol–water partition coefficient (Wildman–Crippen LogP) is 27.3. The van der Waals surface area contributed by atoms with E-state index < -0.39 is 16.1 Å². The Morgan fingerprint density at radius 2 is 0.632 bits per heavy atom. The molecule has 15 aromatic carbocycles. The van der Waals surface area contributed by atoms with Gasteiger partial charge in [-0.15, -0.1) is 0 Å². The highest BCUT2D eigenvalue weighted by molar-refractivity contribution is 6.89. The number of hydrogen-bond acceptors (Lipinski definition) is 3. The van der Waals surface area contributed by atoms with E-state index in [4.69, 9.17) is 0 Å². The minimum absolute atomic E-state index is 0. The zero-order valence-electron chi connectivity index (χ0n) is 62.3. The lowest BCUT2D eigenvalue weighted by Crippen LogP contribution is -2.37. The largest absolute Gasteiger partial charge is 0.310 e. The maximum atomic E-state index is 2.49. The summed E-state index contributed by atoms with van der Waals surface area (Å²) in [5.74, 6) is 0. The van der Waals surface area contributed by atoms with Crippen molar-refractivity contribution in [2.24, 2.45) is 0 Å². The average molecular weight is 1400 g/mol. The van der Waals surface area contributed by atoms with Gasteiger partial charge in [-0.3, -0.25) is 0 Å². The number of nitrogens with zero attached hydrogens (tertiary/aromatic N) is 4. The Bertz CT molecular complexity index is 5940. The minimum atomic E-state index is -1.45. The normalized spacial score (nSPS) is 13.2. The van der Waals surface area contributed by atoms with Gasteiger partial charge < -0.3 is 19.3 Å². The van der Waals surface area contributed by atoms with Gasteiger partial charge in [0.05, 0.1) is 32.9 Å². The molecule has 16 aromatic rings. The minimum Gasteiger partial charge on any atom is -0.310 e. The molecule has 0 unspecified atom stereocenters. The molecular weight excluding hydrogens is 1310 g/mol. The molecular formula is C100H90N4Si2. The fraction of sp³-hybridized carbons (Fsp3) is 0.120. The van der Waals surface area contributed by atoms with E-state index in [0.29, 0.717) is 0 Å². The summed E-state index contributed by atoms with van der Waals surface area (Å²) >= 11 is 0. The van der Waals surface area contributed by atoms with E-state index in [-0.39, 0.29) is 12.3 Å². The Kier molecular flexibility index (Phi) is 17.0. The monoisotopic (exact) mass is 1400 g/mol. The van der Waals surface area contributed by atoms with E-state index in [1.54, 1.807) is 0 Å². The van der Waals surface area contributed by atoms with Gasteiger partial charge in [0.1, 0.15) is 0 Å². The van der Waals surface area contributed by atoms with Crippen LogP contribution in [-0.2, 0) is 10.8 Å². The molecule has 0 aliphatic heterocycles. The molecule has 4 nitrogen and oxygen atoms in total. The first-order valence-corrected chi connectivity index (χ1v) is 44.4. The molecule has 2 aliphatic carbocycles. The first-order chi connectivity index (χ1) is 51.4. The molecule has 518 valence electrons. The fourth-order valence-electron chi connectivity index (χ4n) is 16.6. The quantitative estimate of drug-likeness (QED) is 0.101. The van der Waals surface area contributed by atoms with Crippen LogP contribution in [0.3, 0.4) is 0 Å². The summed E-state index contributed by atoms with van der Waals surface area (Å²) in [6.45, 7) is 24.0. The van der Waals surface area contributed by atoms with Crippen molar-refractivity contribution in [2.75, 3.05) is 14.7 Å². The number of hydrogen-bond donors (Lipinski definition) is 0. The van der Waals surface area contributed by atoms with Gasteiger partial charge >= 0.3 is 0 Å². The van der Waals surface area contributed by atoms with E-state index in [1.807, 2.05) is 0 Å².